The highest BCUT2D eigenvalue weighted by atomic mass is 19.1. The second kappa shape index (κ2) is 6.67. The van der Waals surface area contributed by atoms with E-state index in [-0.39, 0.29) is 36.3 Å². The van der Waals surface area contributed by atoms with E-state index in [4.69, 9.17) is 5.11 Å². The molecule has 0 unspecified atom stereocenters. The molecule has 3 N–H and O–H groups in total. The number of carboxylic acid groups (broad SMARTS) is 1. The molecule has 6 nitrogen and oxygen atoms in total. The molecule has 1 aromatic rings. The summed E-state index contributed by atoms with van der Waals surface area (Å²) in [5, 5.41) is 14.3. The lowest BCUT2D eigenvalue weighted by molar-refractivity contribution is -0.121. The third kappa shape index (κ3) is 4.90. The van der Waals surface area contributed by atoms with E-state index in [0.717, 1.165) is 12.3 Å². The summed E-state index contributed by atoms with van der Waals surface area (Å²) in [6.07, 6.45) is 1.10. The Bertz CT molecular complexity index is 477. The molecule has 1 rings (SSSR count). The summed E-state index contributed by atoms with van der Waals surface area (Å²) in [6, 6.07) is 0.928. The molecule has 0 radical (unpaired) electrons. The van der Waals surface area contributed by atoms with Crippen LogP contribution in [0.4, 0.5) is 10.2 Å². The molecule has 0 saturated heterocycles. The van der Waals surface area contributed by atoms with Gasteiger partial charge in [-0.2, -0.15) is 0 Å². The molecule has 19 heavy (non-hydrogen) atoms. The number of carboxylic acids is 1. The Morgan fingerprint density at radius 2 is 2.16 bits per heavy atom. The number of nitrogens with zero attached hydrogens (tertiary/aromatic N) is 1. The van der Waals surface area contributed by atoms with Crippen LogP contribution in [0, 0.1) is 5.82 Å². The molecule has 0 aromatic carbocycles. The van der Waals surface area contributed by atoms with E-state index in [0.29, 0.717) is 0 Å². The molecule has 104 valence electrons. The van der Waals surface area contributed by atoms with Gasteiger partial charge in [0.25, 0.3) is 0 Å². The molecule has 0 spiro atoms. The lowest BCUT2D eigenvalue weighted by Gasteiger charge is -2.10. The van der Waals surface area contributed by atoms with Gasteiger partial charge in [0.05, 0.1) is 6.20 Å². The number of rotatable bonds is 6. The summed E-state index contributed by atoms with van der Waals surface area (Å²) in [5.74, 6) is -2.10. The highest BCUT2D eigenvalue weighted by Crippen LogP contribution is 2.13. The Hall–Kier alpha value is -2.18. The van der Waals surface area contributed by atoms with Gasteiger partial charge in [0, 0.05) is 19.0 Å². The Labute approximate surface area is 110 Å². The molecule has 0 aliphatic rings. The van der Waals surface area contributed by atoms with Gasteiger partial charge in [-0.05, 0) is 19.9 Å². The summed E-state index contributed by atoms with van der Waals surface area (Å²) < 4.78 is 12.9. The molecule has 0 bridgehead atoms. The first kappa shape index (κ1) is 14.9. The zero-order valence-electron chi connectivity index (χ0n) is 10.7. The van der Waals surface area contributed by atoms with Crippen molar-refractivity contribution < 1.29 is 19.1 Å². The van der Waals surface area contributed by atoms with E-state index in [1.807, 2.05) is 13.8 Å². The van der Waals surface area contributed by atoms with Gasteiger partial charge in [-0.3, -0.25) is 4.79 Å². The third-order valence-corrected chi connectivity index (χ3v) is 2.18. The van der Waals surface area contributed by atoms with Crippen molar-refractivity contribution in [3.8, 4) is 0 Å². The second-order valence-corrected chi connectivity index (χ2v) is 4.25. The van der Waals surface area contributed by atoms with Gasteiger partial charge in [-0.15, -0.1) is 0 Å². The van der Waals surface area contributed by atoms with Gasteiger partial charge in [0.2, 0.25) is 5.91 Å². The number of carbonyl (C=O) groups is 2. The highest BCUT2D eigenvalue weighted by molar-refractivity contribution is 5.93. The number of hydrogen-bond acceptors (Lipinski definition) is 4. The minimum absolute atomic E-state index is 0.0472. The Morgan fingerprint density at radius 3 is 2.74 bits per heavy atom. The van der Waals surface area contributed by atoms with Gasteiger partial charge in [-0.25, -0.2) is 14.2 Å². The first-order valence-electron chi connectivity index (χ1n) is 5.82. The summed E-state index contributed by atoms with van der Waals surface area (Å²) in [6.45, 7) is 3.91. The van der Waals surface area contributed by atoms with Crippen LogP contribution in [0.2, 0.25) is 0 Å². The fourth-order valence-corrected chi connectivity index (χ4v) is 1.43. The normalized spacial score (nSPS) is 10.3. The third-order valence-electron chi connectivity index (χ3n) is 2.18. The van der Waals surface area contributed by atoms with Gasteiger partial charge < -0.3 is 15.7 Å². The number of hydrogen-bond donors (Lipinski definition) is 3. The van der Waals surface area contributed by atoms with Crippen molar-refractivity contribution in [2.75, 3.05) is 11.9 Å². The lowest BCUT2D eigenvalue weighted by atomic mass is 10.2. The molecule has 0 aliphatic heterocycles. The van der Waals surface area contributed by atoms with Crippen molar-refractivity contribution in [2.24, 2.45) is 0 Å². The Balaban J connectivity index is 2.58. The maximum Gasteiger partial charge on any atom is 0.339 e. The van der Waals surface area contributed by atoms with Crippen LogP contribution in [0.15, 0.2) is 12.3 Å². The maximum absolute atomic E-state index is 12.9. The van der Waals surface area contributed by atoms with E-state index >= 15 is 0 Å². The molecule has 0 fully saturated rings. The standard InChI is InChI=1S/C12H16FN3O3/c1-7(2)16-10(17)3-4-14-11-9(12(18)19)5-8(13)6-15-11/h5-7H,3-4H2,1-2H3,(H,14,15)(H,16,17)(H,18,19). The molecule has 0 aliphatic carbocycles. The summed E-state index contributed by atoms with van der Waals surface area (Å²) in [4.78, 5) is 25.9. The number of amides is 1. The lowest BCUT2D eigenvalue weighted by Crippen LogP contribution is -2.31. The number of aromatic carboxylic acids is 1. The molecule has 0 saturated carbocycles. The van der Waals surface area contributed by atoms with Crippen LogP contribution >= 0.6 is 0 Å². The van der Waals surface area contributed by atoms with Crippen molar-refractivity contribution in [3.63, 3.8) is 0 Å². The number of halogens is 1. The van der Waals surface area contributed by atoms with E-state index in [2.05, 4.69) is 15.6 Å². The number of anilines is 1. The number of carbonyl (C=O) groups excluding carboxylic acids is 1. The first-order chi connectivity index (χ1) is 8.90. The van der Waals surface area contributed by atoms with Crippen molar-refractivity contribution in [1.82, 2.24) is 10.3 Å². The van der Waals surface area contributed by atoms with Gasteiger partial charge >= 0.3 is 5.97 Å². The molecular weight excluding hydrogens is 253 g/mol. The zero-order valence-corrected chi connectivity index (χ0v) is 10.7. The summed E-state index contributed by atoms with van der Waals surface area (Å²) >= 11 is 0. The molecule has 1 amide bonds. The minimum atomic E-state index is -1.28. The maximum atomic E-state index is 12.9. The van der Waals surface area contributed by atoms with Crippen LogP contribution in [0.1, 0.15) is 30.6 Å². The minimum Gasteiger partial charge on any atom is -0.478 e. The molecule has 1 aromatic heterocycles. The molecule has 7 heteroatoms. The quantitative estimate of drug-likeness (QED) is 0.723. The Kier molecular flexibility index (Phi) is 5.23. The largest absolute Gasteiger partial charge is 0.478 e. The summed E-state index contributed by atoms with van der Waals surface area (Å²) in [7, 11) is 0. The van der Waals surface area contributed by atoms with Crippen molar-refractivity contribution in [3.05, 3.63) is 23.6 Å². The zero-order chi connectivity index (χ0) is 14.4. The monoisotopic (exact) mass is 269 g/mol. The van der Waals surface area contributed by atoms with Crippen LogP contribution < -0.4 is 10.6 Å². The smallest absolute Gasteiger partial charge is 0.339 e. The van der Waals surface area contributed by atoms with Crippen LogP contribution in [-0.4, -0.2) is 34.6 Å². The molecule has 1 heterocycles. The van der Waals surface area contributed by atoms with Crippen LogP contribution in [0.5, 0.6) is 0 Å². The van der Waals surface area contributed by atoms with Gasteiger partial charge in [0.1, 0.15) is 17.2 Å². The fourth-order valence-electron chi connectivity index (χ4n) is 1.43. The van der Waals surface area contributed by atoms with Crippen LogP contribution in [0.25, 0.3) is 0 Å². The van der Waals surface area contributed by atoms with E-state index in [9.17, 15) is 14.0 Å². The van der Waals surface area contributed by atoms with Crippen molar-refractivity contribution >= 4 is 17.7 Å². The predicted octanol–water partition coefficient (Wildman–Crippen LogP) is 1.25. The van der Waals surface area contributed by atoms with Crippen LogP contribution in [-0.2, 0) is 4.79 Å². The SMILES string of the molecule is CC(C)NC(=O)CCNc1ncc(F)cc1C(=O)O. The molecular formula is C12H16FN3O3. The van der Waals surface area contributed by atoms with Crippen LogP contribution in [0.3, 0.4) is 0 Å². The summed E-state index contributed by atoms with van der Waals surface area (Å²) in [5.41, 5.74) is -0.260. The number of aromatic nitrogens is 1. The second-order valence-electron chi connectivity index (χ2n) is 4.25. The van der Waals surface area contributed by atoms with Crippen molar-refractivity contribution in [1.29, 1.82) is 0 Å². The first-order valence-corrected chi connectivity index (χ1v) is 5.82. The van der Waals surface area contributed by atoms with E-state index in [1.54, 1.807) is 0 Å². The number of nitrogens with one attached hydrogen (secondary N) is 2. The number of pyridine rings is 1. The van der Waals surface area contributed by atoms with E-state index in [1.165, 1.54) is 0 Å². The van der Waals surface area contributed by atoms with Gasteiger partial charge in [-0.1, -0.05) is 0 Å². The van der Waals surface area contributed by atoms with Gasteiger partial charge in [0.15, 0.2) is 0 Å². The highest BCUT2D eigenvalue weighted by Gasteiger charge is 2.13. The van der Waals surface area contributed by atoms with Crippen molar-refractivity contribution in [2.45, 2.75) is 26.3 Å². The average Bonchev–Trinajstić information content (AvgIpc) is 2.29. The van der Waals surface area contributed by atoms with E-state index < -0.39 is 11.8 Å². The average molecular weight is 269 g/mol. The Morgan fingerprint density at radius 1 is 1.47 bits per heavy atom. The fraction of sp³-hybridized carbons (Fsp3) is 0.417. The topological polar surface area (TPSA) is 91.3 Å². The predicted molar refractivity (Wildman–Crippen MR) is 67.5 cm³/mol. The molecule has 0 atom stereocenters.